The van der Waals surface area contributed by atoms with Crippen molar-refractivity contribution in [3.8, 4) is 0 Å². The summed E-state index contributed by atoms with van der Waals surface area (Å²) < 4.78 is 4.24. The number of carbonyl (C=O) groups excluding carboxylic acids is 1. The minimum atomic E-state index is 0.111. The fourth-order valence-corrected chi connectivity index (χ4v) is 4.05. The van der Waals surface area contributed by atoms with Crippen LogP contribution in [-0.2, 0) is 36.3 Å². The highest BCUT2D eigenvalue weighted by Gasteiger charge is 2.27. The molecule has 7 nitrogen and oxygen atoms in total. The van der Waals surface area contributed by atoms with Gasteiger partial charge in [-0.15, -0.1) is 0 Å². The van der Waals surface area contributed by atoms with Gasteiger partial charge in [0.15, 0.2) is 0 Å². The van der Waals surface area contributed by atoms with Gasteiger partial charge >= 0.3 is 0 Å². The lowest BCUT2D eigenvalue weighted by Crippen LogP contribution is -2.33. The van der Waals surface area contributed by atoms with Crippen molar-refractivity contribution in [3.63, 3.8) is 0 Å². The fraction of sp³-hybridized carbons (Fsp3) is 0.579. The molecule has 2 aromatic heterocycles. The standard InChI is InChI=1S/C19H27N5O2/c1-15-9-18(21(2)20-15)14-22-11-16(10-19(25)24-7-4-8-26-24)12-23-6-3-5-17(23)13-22/h3,5-6,9,16H,4,7-8,10-14H2,1-2H3. The number of nitrogens with zero attached hydrogens (tertiary/aromatic N) is 5. The van der Waals surface area contributed by atoms with Crippen molar-refractivity contribution >= 4 is 5.91 Å². The third-order valence-electron chi connectivity index (χ3n) is 5.26. The zero-order chi connectivity index (χ0) is 18.1. The van der Waals surface area contributed by atoms with Gasteiger partial charge in [-0.1, -0.05) is 0 Å². The van der Waals surface area contributed by atoms with E-state index in [0.717, 1.165) is 44.8 Å². The summed E-state index contributed by atoms with van der Waals surface area (Å²) in [6.45, 7) is 6.90. The zero-order valence-electron chi connectivity index (χ0n) is 15.6. The molecule has 0 aliphatic carbocycles. The van der Waals surface area contributed by atoms with E-state index in [4.69, 9.17) is 4.84 Å². The first-order valence-corrected chi connectivity index (χ1v) is 9.37. The third-order valence-corrected chi connectivity index (χ3v) is 5.26. The highest BCUT2D eigenvalue weighted by Crippen LogP contribution is 2.22. The molecule has 0 N–H and O–H groups in total. The van der Waals surface area contributed by atoms with E-state index < -0.39 is 0 Å². The maximum atomic E-state index is 12.6. The van der Waals surface area contributed by atoms with Crippen LogP contribution in [0.4, 0.5) is 0 Å². The summed E-state index contributed by atoms with van der Waals surface area (Å²) in [5.41, 5.74) is 3.55. The van der Waals surface area contributed by atoms with Gasteiger partial charge in [0.05, 0.1) is 24.5 Å². The zero-order valence-corrected chi connectivity index (χ0v) is 15.6. The number of aryl methyl sites for hydroxylation is 2. The maximum Gasteiger partial charge on any atom is 0.246 e. The van der Waals surface area contributed by atoms with E-state index in [2.05, 4.69) is 39.0 Å². The van der Waals surface area contributed by atoms with Crippen LogP contribution in [0.25, 0.3) is 0 Å². The number of hydrogen-bond acceptors (Lipinski definition) is 4. The lowest BCUT2D eigenvalue weighted by atomic mass is 10.0. The van der Waals surface area contributed by atoms with Crippen LogP contribution in [0.3, 0.4) is 0 Å². The summed E-state index contributed by atoms with van der Waals surface area (Å²) in [6.07, 6.45) is 3.58. The average Bonchev–Trinajstić information content (AvgIpc) is 3.30. The van der Waals surface area contributed by atoms with Gasteiger partial charge in [0.1, 0.15) is 0 Å². The molecule has 4 heterocycles. The summed E-state index contributed by atoms with van der Waals surface area (Å²) in [4.78, 5) is 20.4. The Labute approximate surface area is 154 Å². The molecule has 0 aromatic carbocycles. The van der Waals surface area contributed by atoms with E-state index in [9.17, 15) is 4.79 Å². The molecule has 0 saturated carbocycles. The SMILES string of the molecule is Cc1cc(CN2Cc3cccn3CC(CC(=O)N3CCCO3)C2)n(C)n1. The number of hydroxylamine groups is 2. The van der Waals surface area contributed by atoms with E-state index in [1.807, 2.05) is 18.7 Å². The second-order valence-corrected chi connectivity index (χ2v) is 7.47. The minimum Gasteiger partial charge on any atom is -0.350 e. The Morgan fingerprint density at radius 2 is 2.27 bits per heavy atom. The molecule has 1 fully saturated rings. The Hall–Kier alpha value is -2.12. The summed E-state index contributed by atoms with van der Waals surface area (Å²) in [6, 6.07) is 6.41. The van der Waals surface area contributed by atoms with Crippen molar-refractivity contribution in [2.45, 2.75) is 39.4 Å². The van der Waals surface area contributed by atoms with Gasteiger partial charge in [0.25, 0.3) is 0 Å². The molecular formula is C19H27N5O2. The number of amides is 1. The molecule has 1 amide bonds. The Balaban J connectivity index is 1.49. The molecule has 7 heteroatoms. The van der Waals surface area contributed by atoms with Gasteiger partial charge in [-0.05, 0) is 37.5 Å². The smallest absolute Gasteiger partial charge is 0.246 e. The molecule has 0 radical (unpaired) electrons. The average molecular weight is 357 g/mol. The topological polar surface area (TPSA) is 55.5 Å². The molecule has 140 valence electrons. The van der Waals surface area contributed by atoms with E-state index in [1.165, 1.54) is 11.4 Å². The lowest BCUT2D eigenvalue weighted by molar-refractivity contribution is -0.170. The number of carbonyl (C=O) groups is 1. The van der Waals surface area contributed by atoms with Gasteiger partial charge < -0.3 is 4.57 Å². The van der Waals surface area contributed by atoms with Crippen molar-refractivity contribution in [2.24, 2.45) is 13.0 Å². The van der Waals surface area contributed by atoms with Crippen LogP contribution in [0.5, 0.6) is 0 Å². The third kappa shape index (κ3) is 3.68. The second kappa shape index (κ2) is 7.25. The maximum absolute atomic E-state index is 12.6. The molecule has 26 heavy (non-hydrogen) atoms. The van der Waals surface area contributed by atoms with Crippen LogP contribution in [0.1, 0.15) is 29.9 Å². The first kappa shape index (κ1) is 17.3. The Morgan fingerprint density at radius 3 is 3.00 bits per heavy atom. The van der Waals surface area contributed by atoms with Crippen molar-refractivity contribution in [3.05, 3.63) is 41.5 Å². The number of aromatic nitrogens is 3. The summed E-state index contributed by atoms with van der Waals surface area (Å²) in [5, 5.41) is 6.01. The lowest BCUT2D eigenvalue weighted by Gasteiger charge is -2.24. The summed E-state index contributed by atoms with van der Waals surface area (Å²) in [7, 11) is 1.99. The van der Waals surface area contributed by atoms with Crippen molar-refractivity contribution in [1.82, 2.24) is 24.3 Å². The minimum absolute atomic E-state index is 0.111. The second-order valence-electron chi connectivity index (χ2n) is 7.47. The predicted molar refractivity (Wildman–Crippen MR) is 96.9 cm³/mol. The van der Waals surface area contributed by atoms with Gasteiger partial charge in [-0.25, -0.2) is 5.06 Å². The molecule has 1 unspecified atom stereocenters. The number of rotatable bonds is 4. The van der Waals surface area contributed by atoms with Crippen LogP contribution in [0, 0.1) is 12.8 Å². The predicted octanol–water partition coefficient (Wildman–Crippen LogP) is 1.72. The molecule has 2 aliphatic rings. The molecule has 0 spiro atoms. The Morgan fingerprint density at radius 1 is 1.38 bits per heavy atom. The first-order valence-electron chi connectivity index (χ1n) is 9.37. The highest BCUT2D eigenvalue weighted by atomic mass is 16.7. The van der Waals surface area contributed by atoms with Crippen LogP contribution < -0.4 is 0 Å². The summed E-state index contributed by atoms with van der Waals surface area (Å²) in [5.74, 6) is 0.383. The number of fused-ring (bicyclic) bond motifs is 1. The quantitative estimate of drug-likeness (QED) is 0.836. The molecule has 4 rings (SSSR count). The first-order chi connectivity index (χ1) is 12.6. The normalized spacial score (nSPS) is 21.0. The van der Waals surface area contributed by atoms with Crippen molar-refractivity contribution in [1.29, 1.82) is 0 Å². The molecule has 1 saturated heterocycles. The van der Waals surface area contributed by atoms with Crippen LogP contribution in [-0.4, -0.2) is 49.9 Å². The van der Waals surface area contributed by atoms with Crippen molar-refractivity contribution in [2.75, 3.05) is 19.7 Å². The highest BCUT2D eigenvalue weighted by molar-refractivity contribution is 5.75. The van der Waals surface area contributed by atoms with E-state index >= 15 is 0 Å². The number of hydrogen-bond donors (Lipinski definition) is 0. The Kier molecular flexibility index (Phi) is 4.82. The van der Waals surface area contributed by atoms with E-state index in [1.54, 1.807) is 5.06 Å². The van der Waals surface area contributed by atoms with Crippen LogP contribution in [0.2, 0.25) is 0 Å². The molecular weight excluding hydrogens is 330 g/mol. The van der Waals surface area contributed by atoms with Crippen molar-refractivity contribution < 1.29 is 9.63 Å². The van der Waals surface area contributed by atoms with E-state index in [0.29, 0.717) is 13.0 Å². The molecule has 0 bridgehead atoms. The molecule has 2 aromatic rings. The fourth-order valence-electron chi connectivity index (χ4n) is 4.05. The van der Waals surface area contributed by atoms with Gasteiger partial charge in [-0.2, -0.15) is 5.10 Å². The van der Waals surface area contributed by atoms with Gasteiger partial charge in [0.2, 0.25) is 5.91 Å². The molecule has 2 aliphatic heterocycles. The molecule has 1 atom stereocenters. The van der Waals surface area contributed by atoms with Gasteiger partial charge in [0, 0.05) is 51.5 Å². The Bertz CT molecular complexity index is 775. The van der Waals surface area contributed by atoms with Gasteiger partial charge in [-0.3, -0.25) is 19.2 Å². The largest absolute Gasteiger partial charge is 0.350 e. The summed E-state index contributed by atoms with van der Waals surface area (Å²) >= 11 is 0. The van der Waals surface area contributed by atoms with Crippen LogP contribution >= 0.6 is 0 Å². The monoisotopic (exact) mass is 357 g/mol. The van der Waals surface area contributed by atoms with E-state index in [-0.39, 0.29) is 11.8 Å². The van der Waals surface area contributed by atoms with Crippen LogP contribution in [0.15, 0.2) is 24.4 Å².